The molecule has 0 saturated carbocycles. The number of hydrogen-bond donors (Lipinski definition) is 1. The van der Waals surface area contributed by atoms with E-state index < -0.39 is 10.8 Å². The minimum atomic E-state index is -0.652. The first kappa shape index (κ1) is 24.5. The zero-order chi connectivity index (χ0) is 24.7. The summed E-state index contributed by atoms with van der Waals surface area (Å²) >= 11 is 3.40. The highest BCUT2D eigenvalue weighted by Gasteiger charge is 2.16. The van der Waals surface area contributed by atoms with Gasteiger partial charge in [-0.05, 0) is 48.4 Å². The van der Waals surface area contributed by atoms with Gasteiger partial charge in [-0.2, -0.15) is 5.26 Å². The summed E-state index contributed by atoms with van der Waals surface area (Å²) in [5.41, 5.74) is 2.03. The molecule has 0 radical (unpaired) electrons. The van der Waals surface area contributed by atoms with Gasteiger partial charge in [-0.25, -0.2) is 0 Å². The van der Waals surface area contributed by atoms with E-state index in [4.69, 9.17) is 9.47 Å². The quantitative estimate of drug-likeness (QED) is 0.173. The zero-order valence-corrected chi connectivity index (χ0v) is 20.0. The summed E-state index contributed by atoms with van der Waals surface area (Å²) < 4.78 is 12.4. The van der Waals surface area contributed by atoms with Gasteiger partial charge in [0.2, 0.25) is 0 Å². The lowest BCUT2D eigenvalue weighted by Crippen LogP contribution is -2.14. The Hall–Kier alpha value is -4.16. The van der Waals surface area contributed by atoms with Crippen LogP contribution in [0.1, 0.15) is 16.7 Å². The van der Waals surface area contributed by atoms with Gasteiger partial charge in [0.25, 0.3) is 11.6 Å². The number of non-ortho nitro benzene ring substituents is 1. The summed E-state index contributed by atoms with van der Waals surface area (Å²) in [6, 6.07) is 18.8. The van der Waals surface area contributed by atoms with Gasteiger partial charge in [0.15, 0.2) is 11.5 Å². The summed E-state index contributed by atoms with van der Waals surface area (Å²) in [6.45, 7) is 1.89. The zero-order valence-electron chi connectivity index (χ0n) is 18.4. The number of halogens is 1. The number of nitrogens with one attached hydrogen (secondary N) is 1. The Morgan fingerprint density at radius 2 is 1.94 bits per heavy atom. The van der Waals surface area contributed by atoms with E-state index in [-0.39, 0.29) is 17.9 Å². The van der Waals surface area contributed by atoms with Crippen LogP contribution in [0.4, 0.5) is 11.4 Å². The fraction of sp³-hybridized carbons (Fsp3) is 0.120. The predicted molar refractivity (Wildman–Crippen MR) is 132 cm³/mol. The molecule has 0 fully saturated rings. The van der Waals surface area contributed by atoms with Gasteiger partial charge in [-0.1, -0.05) is 40.2 Å². The number of hydrogen-bond acceptors (Lipinski definition) is 6. The fourth-order valence-electron chi connectivity index (χ4n) is 3.09. The van der Waals surface area contributed by atoms with E-state index in [1.807, 2.05) is 30.3 Å². The van der Waals surface area contributed by atoms with E-state index >= 15 is 0 Å². The Balaban J connectivity index is 1.87. The Morgan fingerprint density at radius 1 is 1.21 bits per heavy atom. The lowest BCUT2D eigenvalue weighted by Gasteiger charge is -2.14. The molecule has 1 amide bonds. The second-order valence-electron chi connectivity index (χ2n) is 7.17. The Bertz CT molecular complexity index is 1300. The van der Waals surface area contributed by atoms with Crippen LogP contribution in [-0.2, 0) is 11.4 Å². The Kier molecular flexibility index (Phi) is 8.01. The van der Waals surface area contributed by atoms with Gasteiger partial charge in [-0.3, -0.25) is 14.9 Å². The molecular weight excluding hydrogens is 502 g/mol. The molecule has 3 aromatic carbocycles. The van der Waals surface area contributed by atoms with Crippen molar-refractivity contribution in [1.82, 2.24) is 0 Å². The lowest BCUT2D eigenvalue weighted by atomic mass is 10.1. The van der Waals surface area contributed by atoms with Gasteiger partial charge < -0.3 is 14.8 Å². The molecular formula is C25H20BrN3O5. The molecule has 8 nitrogen and oxygen atoms in total. The second-order valence-corrected chi connectivity index (χ2v) is 8.09. The molecule has 172 valence electrons. The van der Waals surface area contributed by atoms with Crippen LogP contribution in [-0.4, -0.2) is 17.9 Å². The second kappa shape index (κ2) is 11.1. The molecule has 0 unspecified atom stereocenters. The number of benzene rings is 3. The van der Waals surface area contributed by atoms with Gasteiger partial charge in [0, 0.05) is 27.9 Å². The first-order chi connectivity index (χ1) is 16.3. The molecule has 0 heterocycles. The Morgan fingerprint density at radius 3 is 2.56 bits per heavy atom. The first-order valence-corrected chi connectivity index (χ1v) is 10.8. The maximum atomic E-state index is 12.8. The summed E-state index contributed by atoms with van der Waals surface area (Å²) in [5, 5.41) is 23.2. The molecule has 0 bridgehead atoms. The number of ether oxygens (including phenoxy) is 2. The molecule has 0 aliphatic carbocycles. The molecule has 0 aromatic heterocycles. The SMILES string of the molecule is COc1cccc(/C=C(\C#N)C(=O)Nc2ccc([N+](=O)[O-])cc2C)c1OCc1ccc(Br)cc1. The van der Waals surface area contributed by atoms with E-state index in [2.05, 4.69) is 21.2 Å². The van der Waals surface area contributed by atoms with E-state index in [0.717, 1.165) is 10.0 Å². The molecule has 34 heavy (non-hydrogen) atoms. The number of methoxy groups -OCH3 is 1. The molecule has 0 saturated heterocycles. The van der Waals surface area contributed by atoms with Crippen LogP contribution in [0.15, 0.2) is 70.7 Å². The number of aryl methyl sites for hydroxylation is 1. The van der Waals surface area contributed by atoms with E-state index in [9.17, 15) is 20.2 Å². The first-order valence-electron chi connectivity index (χ1n) is 10.0. The normalized spacial score (nSPS) is 10.8. The maximum Gasteiger partial charge on any atom is 0.269 e. The number of anilines is 1. The third kappa shape index (κ3) is 5.99. The molecule has 9 heteroatoms. The van der Waals surface area contributed by atoms with E-state index in [1.54, 1.807) is 25.1 Å². The van der Waals surface area contributed by atoms with Crippen LogP contribution in [0.25, 0.3) is 6.08 Å². The van der Waals surface area contributed by atoms with Crippen molar-refractivity contribution in [2.45, 2.75) is 13.5 Å². The van der Waals surface area contributed by atoms with Crippen molar-refractivity contribution >= 4 is 39.3 Å². The number of rotatable bonds is 8. The molecule has 0 spiro atoms. The highest BCUT2D eigenvalue weighted by atomic mass is 79.9. The van der Waals surface area contributed by atoms with Gasteiger partial charge in [0.1, 0.15) is 18.2 Å². The van der Waals surface area contributed by atoms with Crippen LogP contribution in [0, 0.1) is 28.4 Å². The summed E-state index contributed by atoms with van der Waals surface area (Å²) in [7, 11) is 1.50. The monoisotopic (exact) mass is 521 g/mol. The van der Waals surface area contributed by atoms with Crippen molar-refractivity contribution in [2.75, 3.05) is 12.4 Å². The van der Waals surface area contributed by atoms with Crippen LogP contribution in [0.5, 0.6) is 11.5 Å². The van der Waals surface area contributed by atoms with Crippen molar-refractivity contribution in [2.24, 2.45) is 0 Å². The highest BCUT2D eigenvalue weighted by Crippen LogP contribution is 2.33. The minimum absolute atomic E-state index is 0.0875. The van der Waals surface area contributed by atoms with E-state index in [0.29, 0.717) is 28.3 Å². The van der Waals surface area contributed by atoms with Crippen molar-refractivity contribution in [3.63, 3.8) is 0 Å². The van der Waals surface area contributed by atoms with E-state index in [1.165, 1.54) is 31.4 Å². The van der Waals surface area contributed by atoms with Crippen molar-refractivity contribution in [3.05, 3.63) is 97.5 Å². The lowest BCUT2D eigenvalue weighted by molar-refractivity contribution is -0.384. The van der Waals surface area contributed by atoms with Crippen molar-refractivity contribution in [3.8, 4) is 17.6 Å². The van der Waals surface area contributed by atoms with Crippen molar-refractivity contribution < 1.29 is 19.2 Å². The number of carbonyl (C=O) groups excluding carboxylic acids is 1. The number of amides is 1. The Labute approximate surface area is 204 Å². The summed E-state index contributed by atoms with van der Waals surface area (Å²) in [6.07, 6.45) is 1.41. The number of nitro groups is 1. The molecule has 3 rings (SSSR count). The van der Waals surface area contributed by atoms with Crippen LogP contribution in [0.3, 0.4) is 0 Å². The summed E-state index contributed by atoms with van der Waals surface area (Å²) in [4.78, 5) is 23.2. The summed E-state index contributed by atoms with van der Waals surface area (Å²) in [5.74, 6) is 0.191. The van der Waals surface area contributed by atoms with Crippen LogP contribution < -0.4 is 14.8 Å². The van der Waals surface area contributed by atoms with Gasteiger partial charge >= 0.3 is 0 Å². The number of carbonyl (C=O) groups is 1. The smallest absolute Gasteiger partial charge is 0.269 e. The van der Waals surface area contributed by atoms with Gasteiger partial charge in [0.05, 0.1) is 12.0 Å². The number of nitro benzene ring substituents is 1. The minimum Gasteiger partial charge on any atom is -0.493 e. The fourth-order valence-corrected chi connectivity index (χ4v) is 3.36. The average Bonchev–Trinajstić information content (AvgIpc) is 2.83. The highest BCUT2D eigenvalue weighted by molar-refractivity contribution is 9.10. The van der Waals surface area contributed by atoms with Crippen LogP contribution in [0.2, 0.25) is 0 Å². The third-order valence-corrected chi connectivity index (χ3v) is 5.39. The molecule has 0 aliphatic heterocycles. The predicted octanol–water partition coefficient (Wildman–Crippen LogP) is 5.80. The number of para-hydroxylation sites is 1. The number of nitrogens with zero attached hydrogens (tertiary/aromatic N) is 2. The largest absolute Gasteiger partial charge is 0.493 e. The number of nitriles is 1. The van der Waals surface area contributed by atoms with Gasteiger partial charge in [-0.15, -0.1) is 0 Å². The standard InChI is InChI=1S/C25H20BrN3O5/c1-16-12-21(29(31)32)10-11-22(16)28-25(30)19(14-27)13-18-4-3-5-23(33-2)24(18)34-15-17-6-8-20(26)9-7-17/h3-13H,15H2,1-2H3,(H,28,30)/b19-13+. The molecule has 3 aromatic rings. The topological polar surface area (TPSA) is 114 Å². The average molecular weight is 522 g/mol. The third-order valence-electron chi connectivity index (χ3n) is 4.86. The molecule has 1 N–H and O–H groups in total. The van der Waals surface area contributed by atoms with Crippen LogP contribution >= 0.6 is 15.9 Å². The maximum absolute atomic E-state index is 12.8. The molecule has 0 aliphatic rings. The van der Waals surface area contributed by atoms with Crippen molar-refractivity contribution in [1.29, 1.82) is 5.26 Å². The molecule has 0 atom stereocenters.